The number of nitrogens with one attached hydrogen (secondary N) is 1. The fourth-order valence-corrected chi connectivity index (χ4v) is 3.50. The van der Waals surface area contributed by atoms with Crippen LogP contribution in [-0.2, 0) is 4.74 Å². The van der Waals surface area contributed by atoms with Gasteiger partial charge < -0.3 is 30.0 Å². The second-order valence-corrected chi connectivity index (χ2v) is 7.30. The third-order valence-electron chi connectivity index (χ3n) is 5.08. The molecule has 0 unspecified atom stereocenters. The lowest BCUT2D eigenvalue weighted by atomic mass is 10.2. The van der Waals surface area contributed by atoms with Gasteiger partial charge in [0.15, 0.2) is 5.82 Å². The van der Waals surface area contributed by atoms with Gasteiger partial charge in [-0.15, -0.1) is 0 Å². The average molecular weight is 432 g/mol. The van der Waals surface area contributed by atoms with Crippen LogP contribution >= 0.6 is 0 Å². The number of para-hydroxylation sites is 1. The lowest BCUT2D eigenvalue weighted by molar-refractivity contribution is 0.0600. The summed E-state index contributed by atoms with van der Waals surface area (Å²) in [5, 5.41) is 4.17. The van der Waals surface area contributed by atoms with Crippen molar-refractivity contribution in [2.45, 2.75) is 0 Å². The maximum absolute atomic E-state index is 12.4. The van der Waals surface area contributed by atoms with Crippen LogP contribution in [0.5, 0.6) is 5.75 Å². The number of anilines is 4. The van der Waals surface area contributed by atoms with Crippen LogP contribution in [0, 0.1) is 0 Å². The molecule has 2 aromatic carbocycles. The Morgan fingerprint density at radius 3 is 2.66 bits per heavy atom. The molecule has 9 nitrogen and oxygen atoms in total. The van der Waals surface area contributed by atoms with Crippen molar-refractivity contribution in [3.05, 3.63) is 60.4 Å². The quantitative estimate of drug-likeness (QED) is 0.351. The smallest absolute Gasteiger partial charge is 0.343 e. The van der Waals surface area contributed by atoms with Gasteiger partial charge in [0.2, 0.25) is 5.95 Å². The minimum absolute atomic E-state index is 0.244. The highest BCUT2D eigenvalue weighted by atomic mass is 16.5. The number of benzene rings is 2. The van der Waals surface area contributed by atoms with Crippen LogP contribution in [0.4, 0.5) is 23.0 Å². The molecule has 0 atom stereocenters. The number of carbonyl (C=O) groups is 1. The van der Waals surface area contributed by atoms with Crippen LogP contribution in [0.15, 0.2) is 54.9 Å². The van der Waals surface area contributed by atoms with E-state index in [2.05, 4.69) is 15.3 Å². The SMILES string of the molecule is COC(=O)c1cnc(Nc2cc(N)c(N(C)C)cc2OC)nc1-n1ccc2ccccc21. The summed E-state index contributed by atoms with van der Waals surface area (Å²) in [6.45, 7) is 0. The van der Waals surface area contributed by atoms with Crippen molar-refractivity contribution >= 4 is 39.9 Å². The summed E-state index contributed by atoms with van der Waals surface area (Å²) in [5.41, 5.74) is 9.35. The molecule has 2 heterocycles. The highest BCUT2D eigenvalue weighted by Crippen LogP contribution is 2.36. The first-order valence-corrected chi connectivity index (χ1v) is 9.86. The standard InChI is InChI=1S/C23H24N6O3/c1-28(2)19-12-20(31-3)17(11-16(19)24)26-23-25-13-15(22(30)32-4)21(27-23)29-10-9-14-7-5-6-8-18(14)29/h5-13H,24H2,1-4H3,(H,25,26,27). The minimum atomic E-state index is -0.526. The number of aromatic nitrogens is 3. The maximum atomic E-state index is 12.4. The van der Waals surface area contributed by atoms with Gasteiger partial charge >= 0.3 is 5.97 Å². The van der Waals surface area contributed by atoms with E-state index < -0.39 is 5.97 Å². The van der Waals surface area contributed by atoms with Gasteiger partial charge in [0.1, 0.15) is 11.3 Å². The Hall–Kier alpha value is -4.27. The van der Waals surface area contributed by atoms with Gasteiger partial charge in [-0.2, -0.15) is 4.98 Å². The molecular formula is C23H24N6O3. The van der Waals surface area contributed by atoms with Gasteiger partial charge in [-0.25, -0.2) is 9.78 Å². The number of methoxy groups -OCH3 is 2. The molecule has 0 radical (unpaired) electrons. The molecule has 32 heavy (non-hydrogen) atoms. The van der Waals surface area contributed by atoms with Crippen molar-refractivity contribution in [2.24, 2.45) is 0 Å². The number of nitrogens with zero attached hydrogens (tertiary/aromatic N) is 4. The van der Waals surface area contributed by atoms with E-state index in [1.807, 2.05) is 66.2 Å². The molecule has 9 heteroatoms. The molecule has 0 aliphatic carbocycles. The second-order valence-electron chi connectivity index (χ2n) is 7.30. The number of carbonyl (C=O) groups excluding carboxylic acids is 1. The second kappa shape index (κ2) is 8.46. The molecular weight excluding hydrogens is 408 g/mol. The van der Waals surface area contributed by atoms with Crippen LogP contribution < -0.4 is 20.7 Å². The number of nitrogens with two attached hydrogens (primary N) is 1. The van der Waals surface area contributed by atoms with Crippen LogP contribution in [0.3, 0.4) is 0 Å². The first-order chi connectivity index (χ1) is 15.4. The molecule has 0 saturated heterocycles. The number of esters is 1. The van der Waals surface area contributed by atoms with E-state index in [-0.39, 0.29) is 11.5 Å². The number of ether oxygens (including phenoxy) is 2. The van der Waals surface area contributed by atoms with Crippen molar-refractivity contribution in [3.63, 3.8) is 0 Å². The highest BCUT2D eigenvalue weighted by Gasteiger charge is 2.19. The summed E-state index contributed by atoms with van der Waals surface area (Å²) >= 11 is 0. The summed E-state index contributed by atoms with van der Waals surface area (Å²) in [4.78, 5) is 23.2. The van der Waals surface area contributed by atoms with Crippen LogP contribution in [-0.4, -0.2) is 48.8 Å². The summed E-state index contributed by atoms with van der Waals surface area (Å²) in [5.74, 6) is 0.728. The largest absolute Gasteiger partial charge is 0.494 e. The molecule has 0 bridgehead atoms. The van der Waals surface area contributed by atoms with Gasteiger partial charge in [-0.1, -0.05) is 18.2 Å². The first-order valence-electron chi connectivity index (χ1n) is 9.86. The fourth-order valence-electron chi connectivity index (χ4n) is 3.50. The molecule has 0 aliphatic heterocycles. The third-order valence-corrected chi connectivity index (χ3v) is 5.08. The Morgan fingerprint density at radius 2 is 1.94 bits per heavy atom. The van der Waals surface area contributed by atoms with Crippen molar-refractivity contribution in [1.29, 1.82) is 0 Å². The van der Waals surface area contributed by atoms with E-state index in [4.69, 9.17) is 15.2 Å². The summed E-state index contributed by atoms with van der Waals surface area (Å²) < 4.78 is 12.3. The zero-order valence-electron chi connectivity index (χ0n) is 18.3. The van der Waals surface area contributed by atoms with Crippen molar-refractivity contribution in [2.75, 3.05) is 44.3 Å². The van der Waals surface area contributed by atoms with Gasteiger partial charge in [-0.05, 0) is 23.6 Å². The van der Waals surface area contributed by atoms with Crippen molar-refractivity contribution in [1.82, 2.24) is 14.5 Å². The van der Waals surface area contributed by atoms with E-state index >= 15 is 0 Å². The molecule has 4 aromatic rings. The molecule has 4 rings (SSSR count). The Balaban J connectivity index is 1.81. The summed E-state index contributed by atoms with van der Waals surface area (Å²) in [6.07, 6.45) is 3.29. The van der Waals surface area contributed by atoms with E-state index in [1.54, 1.807) is 13.2 Å². The number of hydrogen-bond acceptors (Lipinski definition) is 8. The predicted octanol–water partition coefficient (Wildman–Crippen LogP) is 3.61. The number of rotatable bonds is 6. The summed E-state index contributed by atoms with van der Waals surface area (Å²) in [6, 6.07) is 13.4. The lowest BCUT2D eigenvalue weighted by Gasteiger charge is -2.19. The Kier molecular flexibility index (Phi) is 5.55. The number of nitrogen functional groups attached to an aromatic ring is 1. The van der Waals surface area contributed by atoms with Gasteiger partial charge in [0, 0.05) is 32.6 Å². The van der Waals surface area contributed by atoms with Crippen molar-refractivity contribution in [3.8, 4) is 11.6 Å². The molecule has 3 N–H and O–H groups in total. The van der Waals surface area contributed by atoms with Crippen LogP contribution in [0.2, 0.25) is 0 Å². The molecule has 0 saturated carbocycles. The zero-order valence-corrected chi connectivity index (χ0v) is 18.3. The van der Waals surface area contributed by atoms with Gasteiger partial charge in [0.25, 0.3) is 0 Å². The molecule has 0 aliphatic rings. The minimum Gasteiger partial charge on any atom is -0.494 e. The average Bonchev–Trinajstić information content (AvgIpc) is 3.22. The van der Waals surface area contributed by atoms with E-state index in [1.165, 1.54) is 13.3 Å². The molecule has 0 fully saturated rings. The third kappa shape index (κ3) is 3.76. The first kappa shape index (κ1) is 21.0. The fraction of sp³-hybridized carbons (Fsp3) is 0.174. The Morgan fingerprint density at radius 1 is 1.16 bits per heavy atom. The molecule has 0 amide bonds. The van der Waals surface area contributed by atoms with E-state index in [0.717, 1.165) is 16.6 Å². The van der Waals surface area contributed by atoms with Crippen molar-refractivity contribution < 1.29 is 14.3 Å². The topological polar surface area (TPSA) is 108 Å². The zero-order chi connectivity index (χ0) is 22.8. The summed E-state index contributed by atoms with van der Waals surface area (Å²) in [7, 11) is 6.71. The monoisotopic (exact) mass is 432 g/mol. The van der Waals surface area contributed by atoms with E-state index in [0.29, 0.717) is 22.9 Å². The Labute approximate surface area is 185 Å². The number of fused-ring (bicyclic) bond motifs is 1. The molecule has 0 spiro atoms. The van der Waals surface area contributed by atoms with Crippen LogP contribution in [0.1, 0.15) is 10.4 Å². The van der Waals surface area contributed by atoms with Crippen LogP contribution in [0.25, 0.3) is 16.7 Å². The van der Waals surface area contributed by atoms with Gasteiger partial charge in [-0.3, -0.25) is 0 Å². The van der Waals surface area contributed by atoms with E-state index in [9.17, 15) is 4.79 Å². The van der Waals surface area contributed by atoms with Gasteiger partial charge in [0.05, 0.1) is 36.8 Å². The number of hydrogen-bond donors (Lipinski definition) is 2. The normalized spacial score (nSPS) is 10.8. The predicted molar refractivity (Wildman–Crippen MR) is 125 cm³/mol. The highest BCUT2D eigenvalue weighted by molar-refractivity contribution is 5.94. The maximum Gasteiger partial charge on any atom is 0.343 e. The molecule has 2 aromatic heterocycles. The molecule has 164 valence electrons. The lowest BCUT2D eigenvalue weighted by Crippen LogP contribution is -2.13. The Bertz CT molecular complexity index is 1300.